The topological polar surface area (TPSA) is 12.0 Å². The van der Waals surface area contributed by atoms with E-state index < -0.39 is 0 Å². The number of halogens is 1. The molecule has 0 saturated carbocycles. The van der Waals surface area contributed by atoms with Crippen molar-refractivity contribution >= 4 is 11.3 Å². The second-order valence-electron chi connectivity index (χ2n) is 4.41. The van der Waals surface area contributed by atoms with Gasteiger partial charge in [-0.15, -0.1) is 11.3 Å². The number of nitrogens with one attached hydrogen (secondary N) is 1. The number of benzene rings is 1. The van der Waals surface area contributed by atoms with Gasteiger partial charge < -0.3 is 5.32 Å². The third-order valence-electron chi connectivity index (χ3n) is 2.84. The number of aryl methyl sites for hydroxylation is 1. The first kappa shape index (κ1) is 13.2. The molecule has 0 spiro atoms. The van der Waals surface area contributed by atoms with Crippen LogP contribution >= 0.6 is 11.3 Å². The minimum Gasteiger partial charge on any atom is -0.312 e. The van der Waals surface area contributed by atoms with Crippen LogP contribution in [0.1, 0.15) is 23.8 Å². The number of hydrogen-bond acceptors (Lipinski definition) is 2. The summed E-state index contributed by atoms with van der Waals surface area (Å²) in [7, 11) is 0. The van der Waals surface area contributed by atoms with Gasteiger partial charge in [-0.25, -0.2) is 4.39 Å². The van der Waals surface area contributed by atoms with Gasteiger partial charge in [0.2, 0.25) is 0 Å². The summed E-state index contributed by atoms with van der Waals surface area (Å²) in [6, 6.07) is 9.61. The maximum Gasteiger partial charge on any atom is 0.126 e. The van der Waals surface area contributed by atoms with Crippen molar-refractivity contribution in [3.63, 3.8) is 0 Å². The monoisotopic (exact) mass is 263 g/mol. The Labute approximate surface area is 112 Å². The fourth-order valence-electron chi connectivity index (χ4n) is 1.76. The predicted octanol–water partition coefficient (Wildman–Crippen LogP) is 4.36. The molecule has 1 N–H and O–H groups in total. The third-order valence-corrected chi connectivity index (χ3v) is 3.98. The summed E-state index contributed by atoms with van der Waals surface area (Å²) >= 11 is 1.72. The van der Waals surface area contributed by atoms with Crippen LogP contribution in [0.25, 0.3) is 10.4 Å². The van der Waals surface area contributed by atoms with E-state index in [1.807, 2.05) is 12.1 Å². The van der Waals surface area contributed by atoms with Gasteiger partial charge >= 0.3 is 0 Å². The van der Waals surface area contributed by atoms with Crippen molar-refractivity contribution in [3.8, 4) is 10.4 Å². The molecule has 0 fully saturated rings. The number of hydrogen-bond donors (Lipinski definition) is 1. The van der Waals surface area contributed by atoms with E-state index in [0.717, 1.165) is 30.0 Å². The van der Waals surface area contributed by atoms with E-state index in [0.29, 0.717) is 5.56 Å². The van der Waals surface area contributed by atoms with E-state index in [-0.39, 0.29) is 5.82 Å². The molecule has 1 nitrogen and oxygen atoms in total. The lowest BCUT2D eigenvalue weighted by atomic mass is 10.1. The molecule has 0 saturated heterocycles. The lowest BCUT2D eigenvalue weighted by Crippen LogP contribution is -2.12. The zero-order valence-electron chi connectivity index (χ0n) is 10.8. The fraction of sp³-hybridized carbons (Fsp3) is 0.333. The van der Waals surface area contributed by atoms with Crippen LogP contribution in [0.3, 0.4) is 0 Å². The molecule has 0 bridgehead atoms. The molecule has 0 amide bonds. The Kier molecular flexibility index (Phi) is 4.50. The van der Waals surface area contributed by atoms with E-state index in [2.05, 4.69) is 24.4 Å². The average molecular weight is 263 g/mol. The largest absolute Gasteiger partial charge is 0.312 e. The third kappa shape index (κ3) is 3.18. The number of rotatable bonds is 5. The Morgan fingerprint density at radius 2 is 2.06 bits per heavy atom. The summed E-state index contributed by atoms with van der Waals surface area (Å²) in [6.07, 6.45) is 1.14. The van der Waals surface area contributed by atoms with Crippen molar-refractivity contribution < 1.29 is 4.39 Å². The minimum absolute atomic E-state index is 0.133. The molecule has 18 heavy (non-hydrogen) atoms. The first-order valence-electron chi connectivity index (χ1n) is 6.26. The van der Waals surface area contributed by atoms with Gasteiger partial charge in [-0.05, 0) is 49.2 Å². The molecule has 2 rings (SSSR count). The highest BCUT2D eigenvalue weighted by atomic mass is 32.1. The van der Waals surface area contributed by atoms with Gasteiger partial charge in [-0.2, -0.15) is 0 Å². The SMILES string of the molecule is CCCNCc1ccc(-c2ccc(C)c(F)c2)s1. The van der Waals surface area contributed by atoms with E-state index in [9.17, 15) is 4.39 Å². The Balaban J connectivity index is 2.11. The highest BCUT2D eigenvalue weighted by Crippen LogP contribution is 2.29. The summed E-state index contributed by atoms with van der Waals surface area (Å²) in [5.41, 5.74) is 1.66. The van der Waals surface area contributed by atoms with Crippen molar-refractivity contribution in [1.82, 2.24) is 5.32 Å². The van der Waals surface area contributed by atoms with E-state index in [1.165, 1.54) is 4.88 Å². The summed E-state index contributed by atoms with van der Waals surface area (Å²) in [4.78, 5) is 2.42. The molecule has 1 aromatic heterocycles. The fourth-order valence-corrected chi connectivity index (χ4v) is 2.74. The van der Waals surface area contributed by atoms with Crippen molar-refractivity contribution in [3.05, 3.63) is 46.6 Å². The Morgan fingerprint density at radius 1 is 1.22 bits per heavy atom. The van der Waals surface area contributed by atoms with Crippen molar-refractivity contribution in [1.29, 1.82) is 0 Å². The maximum absolute atomic E-state index is 13.5. The van der Waals surface area contributed by atoms with Gasteiger partial charge in [0.1, 0.15) is 5.82 Å². The first-order valence-corrected chi connectivity index (χ1v) is 7.08. The van der Waals surface area contributed by atoms with Crippen molar-refractivity contribution in [2.45, 2.75) is 26.8 Å². The highest BCUT2D eigenvalue weighted by Gasteiger charge is 2.05. The Morgan fingerprint density at radius 3 is 2.78 bits per heavy atom. The lowest BCUT2D eigenvalue weighted by Gasteiger charge is -2.01. The van der Waals surface area contributed by atoms with Crippen LogP contribution in [0.2, 0.25) is 0 Å². The van der Waals surface area contributed by atoms with E-state index in [4.69, 9.17) is 0 Å². The van der Waals surface area contributed by atoms with Crippen LogP contribution in [0.5, 0.6) is 0 Å². The van der Waals surface area contributed by atoms with Gasteiger partial charge in [0.25, 0.3) is 0 Å². The van der Waals surface area contributed by atoms with Gasteiger partial charge in [0, 0.05) is 16.3 Å². The summed E-state index contributed by atoms with van der Waals surface area (Å²) in [5, 5.41) is 3.37. The molecule has 0 unspecified atom stereocenters. The van der Waals surface area contributed by atoms with Crippen LogP contribution in [-0.2, 0) is 6.54 Å². The molecule has 0 radical (unpaired) electrons. The zero-order valence-corrected chi connectivity index (χ0v) is 11.6. The minimum atomic E-state index is -0.133. The molecule has 3 heteroatoms. The lowest BCUT2D eigenvalue weighted by molar-refractivity contribution is 0.619. The van der Waals surface area contributed by atoms with Gasteiger partial charge in [-0.3, -0.25) is 0 Å². The zero-order chi connectivity index (χ0) is 13.0. The van der Waals surface area contributed by atoms with Gasteiger partial charge in [0.05, 0.1) is 0 Å². The van der Waals surface area contributed by atoms with E-state index in [1.54, 1.807) is 24.3 Å². The predicted molar refractivity (Wildman–Crippen MR) is 76.4 cm³/mol. The van der Waals surface area contributed by atoms with Crippen LogP contribution in [-0.4, -0.2) is 6.54 Å². The molecule has 0 atom stereocenters. The van der Waals surface area contributed by atoms with Crippen molar-refractivity contribution in [2.24, 2.45) is 0 Å². The molecule has 96 valence electrons. The molecule has 0 aliphatic rings. The molecular weight excluding hydrogens is 245 g/mol. The highest BCUT2D eigenvalue weighted by molar-refractivity contribution is 7.15. The maximum atomic E-state index is 13.5. The van der Waals surface area contributed by atoms with Crippen LogP contribution in [0.15, 0.2) is 30.3 Å². The molecule has 0 aliphatic carbocycles. The quantitative estimate of drug-likeness (QED) is 0.790. The van der Waals surface area contributed by atoms with E-state index >= 15 is 0 Å². The molecule has 0 aliphatic heterocycles. The normalized spacial score (nSPS) is 10.8. The smallest absolute Gasteiger partial charge is 0.126 e. The Bertz CT molecular complexity index is 519. The summed E-state index contributed by atoms with van der Waals surface area (Å²) < 4.78 is 13.5. The molecule has 1 aromatic carbocycles. The Hall–Kier alpha value is -1.19. The van der Waals surface area contributed by atoms with Crippen LogP contribution in [0, 0.1) is 12.7 Å². The standard InChI is InChI=1S/C15H18FNS/c1-3-8-17-10-13-6-7-15(18-13)12-5-4-11(2)14(16)9-12/h4-7,9,17H,3,8,10H2,1-2H3. The first-order chi connectivity index (χ1) is 8.70. The molecular formula is C15H18FNS. The number of thiophene rings is 1. The summed E-state index contributed by atoms with van der Waals surface area (Å²) in [5.74, 6) is -0.133. The molecule has 1 heterocycles. The molecule has 2 aromatic rings. The van der Waals surface area contributed by atoms with Crippen molar-refractivity contribution in [2.75, 3.05) is 6.54 Å². The summed E-state index contributed by atoms with van der Waals surface area (Å²) in [6.45, 7) is 5.87. The second-order valence-corrected chi connectivity index (χ2v) is 5.58. The van der Waals surface area contributed by atoms with Crippen LogP contribution in [0.4, 0.5) is 4.39 Å². The van der Waals surface area contributed by atoms with Gasteiger partial charge in [0.15, 0.2) is 0 Å². The average Bonchev–Trinajstić information content (AvgIpc) is 2.82. The van der Waals surface area contributed by atoms with Crippen LogP contribution < -0.4 is 5.32 Å². The van der Waals surface area contributed by atoms with Gasteiger partial charge in [-0.1, -0.05) is 19.1 Å². The second kappa shape index (κ2) is 6.12.